The topological polar surface area (TPSA) is 202 Å². The third-order valence-electron chi connectivity index (χ3n) is 7.03. The quantitative estimate of drug-likeness (QED) is 0.211. The Hall–Kier alpha value is -2.08. The Labute approximate surface area is 225 Å². The second-order valence-corrected chi connectivity index (χ2v) is 9.06. The van der Waals surface area contributed by atoms with Gasteiger partial charge in [0.15, 0.2) is 11.4 Å². The third-order valence-corrected chi connectivity index (χ3v) is 7.03. The first-order valence-corrected chi connectivity index (χ1v) is 10.1. The van der Waals surface area contributed by atoms with Crippen molar-refractivity contribution in [2.24, 2.45) is 17.6 Å². The van der Waals surface area contributed by atoms with Gasteiger partial charge in [-0.1, -0.05) is 12.1 Å². The normalized spacial score (nSPS) is 33.9. The Kier molecular flexibility index (Phi) is 7.58. The summed E-state index contributed by atoms with van der Waals surface area (Å²) in [4.78, 5) is 39.9. The summed E-state index contributed by atoms with van der Waals surface area (Å²) < 4.78 is 0. The van der Waals surface area contributed by atoms with Gasteiger partial charge in [-0.3, -0.25) is 19.3 Å². The number of carbonyl (C=O) groups is 3. The predicted molar refractivity (Wildman–Crippen MR) is 119 cm³/mol. The molecule has 1 aromatic carbocycles. The minimum Gasteiger partial charge on any atom is -0.508 e. The van der Waals surface area contributed by atoms with Crippen molar-refractivity contribution in [1.29, 1.82) is 0 Å². The van der Waals surface area contributed by atoms with E-state index in [9.17, 15) is 45.0 Å². The van der Waals surface area contributed by atoms with Gasteiger partial charge in [-0.2, -0.15) is 0 Å². The van der Waals surface area contributed by atoms with E-state index in [2.05, 4.69) is 0 Å². The molecule has 0 unspecified atom stereocenters. The van der Waals surface area contributed by atoms with E-state index in [0.717, 1.165) is 0 Å². The third kappa shape index (κ3) is 3.53. The number of carbonyl (C=O) groups excluding carboxylic acids is 3. The molecule has 1 fully saturated rings. The van der Waals surface area contributed by atoms with E-state index >= 15 is 0 Å². The first kappa shape index (κ1) is 29.2. The monoisotopic (exact) mass is 586 g/mol. The van der Waals surface area contributed by atoms with E-state index < -0.39 is 81.1 Å². The summed E-state index contributed by atoms with van der Waals surface area (Å²) in [7, 11) is 2.80. The van der Waals surface area contributed by atoms with Gasteiger partial charge in [0, 0.05) is 26.2 Å². The maximum Gasteiger partial charge on any atom is 0.255 e. The molecule has 8 N–H and O–H groups in total. The van der Waals surface area contributed by atoms with Crippen molar-refractivity contribution in [3.63, 3.8) is 0 Å². The number of nitrogens with zero attached hydrogens (tertiary/aromatic N) is 1. The van der Waals surface area contributed by atoms with Crippen LogP contribution >= 0.6 is 12.4 Å². The fraction of sp³-hybridized carbons (Fsp3) is 0.409. The SMILES string of the molecule is CN(C)[C@@H]1C(=O)C(C(N)=O)=C(O)[C@@]2(O)C(=O)C3=C(O)c4c(O)cccc4[C@@](C)(O)[C@H]3[C@H](O)[C@@H]12.Cl.[Zr]. The summed E-state index contributed by atoms with van der Waals surface area (Å²) >= 11 is 0. The minimum absolute atomic E-state index is 0. The number of hydrogen-bond donors (Lipinski definition) is 7. The number of phenols is 1. The van der Waals surface area contributed by atoms with Gasteiger partial charge in [-0.25, -0.2) is 0 Å². The number of primary amides is 1. The van der Waals surface area contributed by atoms with Crippen LogP contribution in [0.2, 0.25) is 0 Å². The summed E-state index contributed by atoms with van der Waals surface area (Å²) in [6, 6.07) is 2.50. The van der Waals surface area contributed by atoms with Crippen molar-refractivity contribution in [2.45, 2.75) is 30.3 Å². The molecule has 13 heteroatoms. The molecule has 0 aromatic heterocycles. The number of benzene rings is 1. The van der Waals surface area contributed by atoms with Crippen LogP contribution in [0.15, 0.2) is 35.1 Å². The van der Waals surface area contributed by atoms with E-state index in [1.165, 1.54) is 44.1 Å². The Morgan fingerprint density at radius 1 is 1.11 bits per heavy atom. The zero-order chi connectivity index (χ0) is 24.8. The number of amides is 1. The van der Waals surface area contributed by atoms with Crippen molar-refractivity contribution in [3.8, 4) is 5.75 Å². The average Bonchev–Trinajstić information content (AvgIpc) is 2.70. The molecule has 11 nitrogen and oxygen atoms in total. The zero-order valence-electron chi connectivity index (χ0n) is 18.9. The molecular formula is C22H25ClN2O9Zr. The van der Waals surface area contributed by atoms with Gasteiger partial charge in [0.2, 0.25) is 5.78 Å². The maximum absolute atomic E-state index is 13.7. The maximum atomic E-state index is 13.7. The summed E-state index contributed by atoms with van der Waals surface area (Å²) in [6.45, 7) is 1.25. The van der Waals surface area contributed by atoms with Gasteiger partial charge in [0.05, 0.1) is 40.7 Å². The van der Waals surface area contributed by atoms with Crippen LogP contribution in [0.4, 0.5) is 0 Å². The summed E-state index contributed by atoms with van der Waals surface area (Å²) in [5.41, 5.74) is -1.78. The molecule has 1 saturated carbocycles. The Bertz CT molecular complexity index is 1200. The number of nitrogens with two attached hydrogens (primary N) is 1. The van der Waals surface area contributed by atoms with Crippen LogP contribution in [-0.2, 0) is 46.2 Å². The van der Waals surface area contributed by atoms with E-state index in [1.807, 2.05) is 0 Å². The first-order valence-electron chi connectivity index (χ1n) is 10.1. The number of hydrogen-bond acceptors (Lipinski definition) is 10. The van der Waals surface area contributed by atoms with Crippen LogP contribution in [-0.4, -0.2) is 84.9 Å². The fourth-order valence-corrected chi connectivity index (χ4v) is 5.60. The number of ketones is 2. The zero-order valence-corrected chi connectivity index (χ0v) is 22.2. The standard InChI is InChI=1S/C22H24N2O9.ClH.Zr/c1-21(32)7-5-4-6-8(25)9(7)15(26)10-12(21)17(28)13-14(24(2)3)16(27)11(20(23)31)19(30)22(13,33)18(10)29;;/h4-6,12-14,17,25-26,28,30,32-33H,1-3H3,(H2,23,31);1H;/t12-,13-,14+,17+,21-,22+;;/m1../s1. The molecular weight excluding hydrogens is 563 g/mol. The molecule has 0 aliphatic heterocycles. The van der Waals surface area contributed by atoms with Crippen LogP contribution < -0.4 is 5.73 Å². The molecule has 1 aromatic rings. The second-order valence-electron chi connectivity index (χ2n) is 9.06. The van der Waals surface area contributed by atoms with Crippen molar-refractivity contribution in [2.75, 3.05) is 14.1 Å². The van der Waals surface area contributed by atoms with Crippen LogP contribution in [0.3, 0.4) is 0 Å². The Balaban J connectivity index is 0.00000216. The fourth-order valence-electron chi connectivity index (χ4n) is 5.60. The van der Waals surface area contributed by atoms with Gasteiger partial charge < -0.3 is 36.4 Å². The van der Waals surface area contributed by atoms with Crippen molar-refractivity contribution in [3.05, 3.63) is 46.2 Å². The van der Waals surface area contributed by atoms with Gasteiger partial charge in [-0.05, 0) is 32.6 Å². The second kappa shape index (κ2) is 9.10. The number of aromatic hydroxyl groups is 1. The number of likely N-dealkylation sites (N-methyl/N-ethyl adjacent to an activating group) is 1. The number of rotatable bonds is 2. The van der Waals surface area contributed by atoms with Crippen LogP contribution in [0.5, 0.6) is 5.75 Å². The smallest absolute Gasteiger partial charge is 0.255 e. The molecule has 0 spiro atoms. The van der Waals surface area contributed by atoms with Crippen LogP contribution in [0.25, 0.3) is 5.76 Å². The van der Waals surface area contributed by atoms with Gasteiger partial charge in [0.25, 0.3) is 5.91 Å². The molecule has 1 amide bonds. The molecule has 6 atom stereocenters. The van der Waals surface area contributed by atoms with Crippen molar-refractivity contribution < 1.29 is 71.2 Å². The summed E-state index contributed by atoms with van der Waals surface area (Å²) in [5, 5.41) is 66.3. The minimum atomic E-state index is -3.02. The van der Waals surface area contributed by atoms with E-state index in [0.29, 0.717) is 0 Å². The molecule has 4 rings (SSSR count). The summed E-state index contributed by atoms with van der Waals surface area (Å²) in [5.74, 6) is -9.67. The number of Topliss-reactive ketones (excluding diaryl/α,β-unsaturated/α-hetero) is 2. The first-order chi connectivity index (χ1) is 15.2. The molecule has 0 heterocycles. The van der Waals surface area contributed by atoms with E-state index in [-0.39, 0.29) is 49.7 Å². The molecule has 0 radical (unpaired) electrons. The molecule has 35 heavy (non-hydrogen) atoms. The average molecular weight is 588 g/mol. The predicted octanol–water partition coefficient (Wildman–Crippen LogP) is -0.981. The molecule has 3 aliphatic rings. The van der Waals surface area contributed by atoms with Gasteiger partial charge in [0.1, 0.15) is 22.8 Å². The Morgan fingerprint density at radius 2 is 1.69 bits per heavy atom. The van der Waals surface area contributed by atoms with E-state index in [4.69, 9.17) is 5.73 Å². The number of fused-ring (bicyclic) bond motifs is 3. The molecule has 188 valence electrons. The number of aliphatic hydroxyl groups excluding tert-OH is 3. The molecule has 3 aliphatic carbocycles. The molecule has 0 bridgehead atoms. The van der Waals surface area contributed by atoms with Gasteiger partial charge >= 0.3 is 0 Å². The van der Waals surface area contributed by atoms with Gasteiger partial charge in [-0.15, -0.1) is 12.4 Å². The Morgan fingerprint density at radius 3 is 2.20 bits per heavy atom. The van der Waals surface area contributed by atoms with Crippen molar-refractivity contribution >= 4 is 35.6 Å². The summed E-state index contributed by atoms with van der Waals surface area (Å²) in [6.07, 6.45) is -1.87. The molecule has 0 saturated heterocycles. The van der Waals surface area contributed by atoms with Crippen LogP contribution in [0, 0.1) is 11.8 Å². The van der Waals surface area contributed by atoms with E-state index in [1.54, 1.807) is 0 Å². The van der Waals surface area contributed by atoms with Crippen molar-refractivity contribution in [1.82, 2.24) is 4.90 Å². The largest absolute Gasteiger partial charge is 0.508 e. The van der Waals surface area contributed by atoms with Crippen LogP contribution in [0.1, 0.15) is 18.1 Å². The number of aliphatic hydroxyl groups is 5. The number of halogens is 1. The number of phenolic OH excluding ortho intramolecular Hbond substituents is 1.